The fraction of sp³-hybridized carbons (Fsp3) is 0.0769. The SMILES string of the molecule is Cc1ccc(Nc2ccc(-c3ccc4[nH]c5c(Br)cc(C)cc5c4c3)cc2)c(Br)c1. The smallest absolute Gasteiger partial charge is 0.0609 e. The van der Waals surface area contributed by atoms with Gasteiger partial charge in [0, 0.05) is 30.9 Å². The quantitative estimate of drug-likeness (QED) is 0.244. The minimum absolute atomic E-state index is 1.06. The molecule has 0 saturated heterocycles. The topological polar surface area (TPSA) is 27.8 Å². The molecule has 1 heterocycles. The number of aromatic nitrogens is 1. The van der Waals surface area contributed by atoms with Crippen LogP contribution in [0.25, 0.3) is 32.9 Å². The van der Waals surface area contributed by atoms with Gasteiger partial charge < -0.3 is 10.3 Å². The summed E-state index contributed by atoms with van der Waals surface area (Å²) in [6.45, 7) is 4.22. The Morgan fingerprint density at radius 3 is 2.17 bits per heavy atom. The molecule has 0 fully saturated rings. The number of aryl methyl sites for hydroxylation is 2. The third-order valence-electron chi connectivity index (χ3n) is 5.43. The van der Waals surface area contributed by atoms with Gasteiger partial charge in [-0.05, 0) is 116 Å². The molecule has 0 unspecified atom stereocenters. The molecule has 5 aromatic rings. The Kier molecular flexibility index (Phi) is 4.92. The fourth-order valence-corrected chi connectivity index (χ4v) is 5.16. The highest BCUT2D eigenvalue weighted by Gasteiger charge is 2.10. The van der Waals surface area contributed by atoms with Crippen LogP contribution >= 0.6 is 31.9 Å². The van der Waals surface area contributed by atoms with Crippen LogP contribution in [0.4, 0.5) is 11.4 Å². The molecule has 0 aliphatic carbocycles. The van der Waals surface area contributed by atoms with Crippen LogP contribution < -0.4 is 5.32 Å². The van der Waals surface area contributed by atoms with E-state index < -0.39 is 0 Å². The maximum Gasteiger partial charge on any atom is 0.0609 e. The van der Waals surface area contributed by atoms with E-state index in [1.807, 2.05) is 0 Å². The molecule has 4 aromatic carbocycles. The van der Waals surface area contributed by atoms with Gasteiger partial charge in [-0.3, -0.25) is 0 Å². The number of hydrogen-bond donors (Lipinski definition) is 2. The zero-order valence-electron chi connectivity index (χ0n) is 16.7. The Bertz CT molecular complexity index is 1400. The molecular formula is C26H20Br2N2. The summed E-state index contributed by atoms with van der Waals surface area (Å²) in [5.41, 5.74) is 9.33. The number of H-pyrrole nitrogens is 1. The first-order chi connectivity index (χ1) is 14.5. The van der Waals surface area contributed by atoms with Crippen molar-refractivity contribution in [1.82, 2.24) is 4.98 Å². The van der Waals surface area contributed by atoms with Crippen molar-refractivity contribution < 1.29 is 0 Å². The van der Waals surface area contributed by atoms with E-state index in [0.29, 0.717) is 0 Å². The lowest BCUT2D eigenvalue weighted by atomic mass is 10.0. The first-order valence-corrected chi connectivity index (χ1v) is 11.4. The van der Waals surface area contributed by atoms with Gasteiger partial charge in [0.05, 0.1) is 11.2 Å². The van der Waals surface area contributed by atoms with Crippen molar-refractivity contribution >= 4 is 65.0 Å². The largest absolute Gasteiger partial charge is 0.355 e. The number of fused-ring (bicyclic) bond motifs is 3. The van der Waals surface area contributed by atoms with E-state index in [-0.39, 0.29) is 0 Å². The van der Waals surface area contributed by atoms with Crippen molar-refractivity contribution in [3.05, 3.63) is 92.9 Å². The average Bonchev–Trinajstić information content (AvgIpc) is 3.09. The highest BCUT2D eigenvalue weighted by molar-refractivity contribution is 9.11. The predicted octanol–water partition coefficient (Wildman–Crippen LogP) is 8.87. The van der Waals surface area contributed by atoms with Gasteiger partial charge in [0.25, 0.3) is 0 Å². The number of anilines is 2. The van der Waals surface area contributed by atoms with Gasteiger partial charge in [-0.15, -0.1) is 0 Å². The lowest BCUT2D eigenvalue weighted by Crippen LogP contribution is -1.91. The number of aromatic amines is 1. The molecule has 0 spiro atoms. The summed E-state index contributed by atoms with van der Waals surface area (Å²) < 4.78 is 2.17. The van der Waals surface area contributed by atoms with E-state index >= 15 is 0 Å². The summed E-state index contributed by atoms with van der Waals surface area (Å²) in [4.78, 5) is 3.54. The Balaban J connectivity index is 1.50. The number of rotatable bonds is 3. The summed E-state index contributed by atoms with van der Waals surface area (Å²) in [5.74, 6) is 0. The molecular weight excluding hydrogens is 500 g/mol. The minimum atomic E-state index is 1.06. The average molecular weight is 520 g/mol. The van der Waals surface area contributed by atoms with E-state index in [4.69, 9.17) is 0 Å². The van der Waals surface area contributed by atoms with E-state index in [1.54, 1.807) is 0 Å². The van der Waals surface area contributed by atoms with Crippen molar-refractivity contribution in [2.24, 2.45) is 0 Å². The van der Waals surface area contributed by atoms with Gasteiger partial charge in [-0.25, -0.2) is 0 Å². The fourth-order valence-electron chi connectivity index (χ4n) is 3.90. The molecule has 4 heteroatoms. The monoisotopic (exact) mass is 518 g/mol. The molecule has 148 valence electrons. The van der Waals surface area contributed by atoms with Crippen LogP contribution in [0.3, 0.4) is 0 Å². The number of nitrogens with one attached hydrogen (secondary N) is 2. The molecule has 0 aliphatic heterocycles. The molecule has 2 nitrogen and oxygen atoms in total. The molecule has 0 aliphatic rings. The highest BCUT2D eigenvalue weighted by atomic mass is 79.9. The minimum Gasteiger partial charge on any atom is -0.355 e. The lowest BCUT2D eigenvalue weighted by molar-refractivity contribution is 1.43. The summed E-state index contributed by atoms with van der Waals surface area (Å²) in [5, 5.41) is 5.98. The first kappa shape index (κ1) is 19.4. The van der Waals surface area contributed by atoms with Gasteiger partial charge in [0.1, 0.15) is 0 Å². The van der Waals surface area contributed by atoms with Gasteiger partial charge in [0.15, 0.2) is 0 Å². The Morgan fingerprint density at radius 2 is 1.40 bits per heavy atom. The third-order valence-corrected chi connectivity index (χ3v) is 6.71. The third kappa shape index (κ3) is 3.55. The van der Waals surface area contributed by atoms with Gasteiger partial charge >= 0.3 is 0 Å². The molecule has 5 rings (SSSR count). The van der Waals surface area contributed by atoms with Crippen LogP contribution in [-0.2, 0) is 0 Å². The van der Waals surface area contributed by atoms with Crippen LogP contribution in [-0.4, -0.2) is 4.98 Å². The lowest BCUT2D eigenvalue weighted by Gasteiger charge is -2.10. The molecule has 2 N–H and O–H groups in total. The molecule has 1 aromatic heterocycles. The van der Waals surface area contributed by atoms with Gasteiger partial charge in [0.2, 0.25) is 0 Å². The van der Waals surface area contributed by atoms with E-state index in [0.717, 1.165) is 31.4 Å². The zero-order valence-corrected chi connectivity index (χ0v) is 19.9. The van der Waals surface area contributed by atoms with E-state index in [2.05, 4.69) is 129 Å². The van der Waals surface area contributed by atoms with Crippen molar-refractivity contribution in [2.75, 3.05) is 5.32 Å². The molecule has 0 amide bonds. The van der Waals surface area contributed by atoms with Crippen LogP contribution in [0.15, 0.2) is 81.7 Å². The molecule has 0 atom stereocenters. The van der Waals surface area contributed by atoms with Gasteiger partial charge in [-0.2, -0.15) is 0 Å². The predicted molar refractivity (Wildman–Crippen MR) is 136 cm³/mol. The number of halogens is 2. The zero-order chi connectivity index (χ0) is 20.8. The summed E-state index contributed by atoms with van der Waals surface area (Å²) in [6, 6.07) is 25.9. The second-order valence-electron chi connectivity index (χ2n) is 7.74. The van der Waals surface area contributed by atoms with Crippen molar-refractivity contribution in [3.63, 3.8) is 0 Å². The normalized spacial score (nSPS) is 11.3. The van der Waals surface area contributed by atoms with E-state index in [1.165, 1.54) is 33.0 Å². The van der Waals surface area contributed by atoms with Crippen molar-refractivity contribution in [3.8, 4) is 11.1 Å². The van der Waals surface area contributed by atoms with Crippen molar-refractivity contribution in [1.29, 1.82) is 0 Å². The van der Waals surface area contributed by atoms with Crippen LogP contribution in [0.1, 0.15) is 11.1 Å². The maximum atomic E-state index is 3.69. The Hall–Kier alpha value is -2.56. The number of benzene rings is 4. The number of hydrogen-bond acceptors (Lipinski definition) is 1. The Labute approximate surface area is 192 Å². The maximum absolute atomic E-state index is 3.69. The highest BCUT2D eigenvalue weighted by Crippen LogP contribution is 2.35. The second kappa shape index (κ2) is 7.60. The molecule has 0 bridgehead atoms. The molecule has 0 radical (unpaired) electrons. The second-order valence-corrected chi connectivity index (χ2v) is 9.45. The summed E-state index contributed by atoms with van der Waals surface area (Å²) >= 11 is 7.33. The standard InChI is InChI=1S/C26H20Br2N2/c1-15-3-9-25(22(27)12-15)29-19-7-4-17(5-8-19)18-6-10-24-20(14-18)21-11-16(2)13-23(28)26(21)30-24/h3-14,29-30H,1-2H3. The summed E-state index contributed by atoms with van der Waals surface area (Å²) in [7, 11) is 0. The van der Waals surface area contributed by atoms with Gasteiger partial charge in [-0.1, -0.05) is 24.3 Å². The van der Waals surface area contributed by atoms with Crippen LogP contribution in [0.2, 0.25) is 0 Å². The summed E-state index contributed by atoms with van der Waals surface area (Å²) in [6.07, 6.45) is 0. The first-order valence-electron chi connectivity index (χ1n) is 9.83. The Morgan fingerprint density at radius 1 is 0.667 bits per heavy atom. The van der Waals surface area contributed by atoms with Crippen LogP contribution in [0.5, 0.6) is 0 Å². The van der Waals surface area contributed by atoms with Crippen molar-refractivity contribution in [2.45, 2.75) is 13.8 Å². The van der Waals surface area contributed by atoms with Crippen LogP contribution in [0, 0.1) is 13.8 Å². The molecule has 0 saturated carbocycles. The molecule has 30 heavy (non-hydrogen) atoms. The van der Waals surface area contributed by atoms with E-state index in [9.17, 15) is 0 Å².